The third kappa shape index (κ3) is 3.81. The molecule has 1 atom stereocenters. The van der Waals surface area contributed by atoms with Crippen LogP contribution in [0.2, 0.25) is 0 Å². The zero-order valence-corrected chi connectivity index (χ0v) is 12.7. The van der Waals surface area contributed by atoms with Crippen LogP contribution in [0.4, 0.5) is 0 Å². The molecule has 3 amide bonds. The SMILES string of the molecule is CCC1C(=O)NCCN1C(=O)CCNC(=O)c1ccsc1. The van der Waals surface area contributed by atoms with Crippen LogP contribution in [0.5, 0.6) is 0 Å². The number of carbonyl (C=O) groups excluding carboxylic acids is 3. The zero-order chi connectivity index (χ0) is 15.2. The first-order valence-electron chi connectivity index (χ1n) is 7.01. The van der Waals surface area contributed by atoms with Gasteiger partial charge in [-0.05, 0) is 17.9 Å². The third-order valence-corrected chi connectivity index (χ3v) is 4.13. The lowest BCUT2D eigenvalue weighted by Gasteiger charge is -2.34. The smallest absolute Gasteiger partial charge is 0.252 e. The second-order valence-corrected chi connectivity index (χ2v) is 5.60. The van der Waals surface area contributed by atoms with Crippen LogP contribution in [0.3, 0.4) is 0 Å². The van der Waals surface area contributed by atoms with Crippen LogP contribution in [0.1, 0.15) is 30.1 Å². The highest BCUT2D eigenvalue weighted by Gasteiger charge is 2.31. The molecule has 0 saturated carbocycles. The molecule has 1 saturated heterocycles. The second-order valence-electron chi connectivity index (χ2n) is 4.82. The van der Waals surface area contributed by atoms with Crippen molar-refractivity contribution in [1.29, 1.82) is 0 Å². The van der Waals surface area contributed by atoms with Crippen LogP contribution in [0.15, 0.2) is 16.8 Å². The van der Waals surface area contributed by atoms with E-state index in [1.807, 2.05) is 12.3 Å². The number of piperazine rings is 1. The van der Waals surface area contributed by atoms with Gasteiger partial charge in [-0.2, -0.15) is 11.3 Å². The third-order valence-electron chi connectivity index (χ3n) is 3.45. The summed E-state index contributed by atoms with van der Waals surface area (Å²) in [5.41, 5.74) is 0.608. The fourth-order valence-corrected chi connectivity index (χ4v) is 2.98. The number of nitrogens with zero attached hydrogens (tertiary/aromatic N) is 1. The molecular weight excluding hydrogens is 290 g/mol. The number of hydrogen-bond donors (Lipinski definition) is 2. The Morgan fingerprint density at radius 2 is 2.33 bits per heavy atom. The summed E-state index contributed by atoms with van der Waals surface area (Å²) in [5, 5.41) is 9.07. The molecule has 2 heterocycles. The van der Waals surface area contributed by atoms with Gasteiger partial charge in [-0.3, -0.25) is 14.4 Å². The van der Waals surface area contributed by atoms with Crippen LogP contribution in [-0.2, 0) is 9.59 Å². The minimum Gasteiger partial charge on any atom is -0.353 e. The predicted octanol–water partition coefficient (Wildman–Crippen LogP) is 0.605. The van der Waals surface area contributed by atoms with E-state index in [0.29, 0.717) is 25.1 Å². The number of rotatable bonds is 5. The summed E-state index contributed by atoms with van der Waals surface area (Å²) in [6, 6.07) is 1.35. The predicted molar refractivity (Wildman–Crippen MR) is 80.1 cm³/mol. The lowest BCUT2D eigenvalue weighted by atomic mass is 10.1. The fourth-order valence-electron chi connectivity index (χ4n) is 2.34. The lowest BCUT2D eigenvalue weighted by Crippen LogP contribution is -2.57. The number of hydrogen-bond acceptors (Lipinski definition) is 4. The summed E-state index contributed by atoms with van der Waals surface area (Å²) in [4.78, 5) is 37.2. The lowest BCUT2D eigenvalue weighted by molar-refractivity contribution is -0.143. The van der Waals surface area contributed by atoms with E-state index < -0.39 is 0 Å². The van der Waals surface area contributed by atoms with E-state index in [4.69, 9.17) is 0 Å². The van der Waals surface area contributed by atoms with Gasteiger partial charge in [0.1, 0.15) is 6.04 Å². The van der Waals surface area contributed by atoms with Crippen molar-refractivity contribution in [3.63, 3.8) is 0 Å². The number of amides is 3. The summed E-state index contributed by atoms with van der Waals surface area (Å²) in [5.74, 6) is -0.366. The van der Waals surface area contributed by atoms with Gasteiger partial charge in [-0.15, -0.1) is 0 Å². The van der Waals surface area contributed by atoms with E-state index in [1.54, 1.807) is 16.3 Å². The average Bonchev–Trinajstić information content (AvgIpc) is 3.01. The molecule has 0 spiro atoms. The first-order valence-corrected chi connectivity index (χ1v) is 7.95. The second kappa shape index (κ2) is 7.21. The molecule has 1 aliphatic rings. The topological polar surface area (TPSA) is 78.5 Å². The Balaban J connectivity index is 1.81. The van der Waals surface area contributed by atoms with Crippen molar-refractivity contribution < 1.29 is 14.4 Å². The molecule has 0 radical (unpaired) electrons. The molecule has 0 bridgehead atoms. The van der Waals surface area contributed by atoms with Gasteiger partial charge < -0.3 is 15.5 Å². The maximum Gasteiger partial charge on any atom is 0.252 e. The molecule has 2 rings (SSSR count). The standard InChI is InChI=1S/C14H19N3O3S/c1-2-11-14(20)16-6-7-17(11)12(18)3-5-15-13(19)10-4-8-21-9-10/h4,8-9,11H,2-3,5-7H2,1H3,(H,15,19)(H,16,20). The van der Waals surface area contributed by atoms with Crippen molar-refractivity contribution in [2.75, 3.05) is 19.6 Å². The van der Waals surface area contributed by atoms with Gasteiger partial charge >= 0.3 is 0 Å². The van der Waals surface area contributed by atoms with Gasteiger partial charge in [-0.1, -0.05) is 6.92 Å². The number of carbonyl (C=O) groups is 3. The highest BCUT2D eigenvalue weighted by Crippen LogP contribution is 2.10. The average molecular weight is 309 g/mol. The van der Waals surface area contributed by atoms with Gasteiger partial charge in [0.05, 0.1) is 0 Å². The van der Waals surface area contributed by atoms with Gasteiger partial charge in [0, 0.05) is 37.0 Å². The molecule has 0 aliphatic carbocycles. The Bertz CT molecular complexity index is 516. The monoisotopic (exact) mass is 309 g/mol. The van der Waals surface area contributed by atoms with Gasteiger partial charge in [0.15, 0.2) is 0 Å². The quantitative estimate of drug-likeness (QED) is 0.836. The Hall–Kier alpha value is -1.89. The van der Waals surface area contributed by atoms with Crippen molar-refractivity contribution in [2.45, 2.75) is 25.8 Å². The number of thiophene rings is 1. The molecule has 1 aromatic heterocycles. The van der Waals surface area contributed by atoms with Gasteiger partial charge in [0.2, 0.25) is 11.8 Å². The first kappa shape index (κ1) is 15.5. The molecule has 1 aromatic rings. The summed E-state index contributed by atoms with van der Waals surface area (Å²) in [6.45, 7) is 3.18. The highest BCUT2D eigenvalue weighted by atomic mass is 32.1. The Morgan fingerprint density at radius 3 is 3.00 bits per heavy atom. The molecule has 2 N–H and O–H groups in total. The fraction of sp³-hybridized carbons (Fsp3) is 0.500. The molecule has 114 valence electrons. The van der Waals surface area contributed by atoms with Crippen LogP contribution in [0, 0.1) is 0 Å². The van der Waals surface area contributed by atoms with E-state index >= 15 is 0 Å². The van der Waals surface area contributed by atoms with Crippen molar-refractivity contribution in [3.05, 3.63) is 22.4 Å². The van der Waals surface area contributed by atoms with E-state index in [9.17, 15) is 14.4 Å². The van der Waals surface area contributed by atoms with Gasteiger partial charge in [0.25, 0.3) is 5.91 Å². The minimum absolute atomic E-state index is 0.0951. The van der Waals surface area contributed by atoms with Crippen LogP contribution < -0.4 is 10.6 Å². The Labute approximate surface area is 127 Å². The Morgan fingerprint density at radius 1 is 1.52 bits per heavy atom. The van der Waals surface area contributed by atoms with Crippen LogP contribution in [0.25, 0.3) is 0 Å². The number of nitrogens with one attached hydrogen (secondary N) is 2. The van der Waals surface area contributed by atoms with Crippen molar-refractivity contribution in [1.82, 2.24) is 15.5 Å². The summed E-state index contributed by atoms with van der Waals surface area (Å²) >= 11 is 1.45. The van der Waals surface area contributed by atoms with E-state index in [2.05, 4.69) is 10.6 Å². The highest BCUT2D eigenvalue weighted by molar-refractivity contribution is 7.08. The molecule has 7 heteroatoms. The van der Waals surface area contributed by atoms with E-state index in [-0.39, 0.29) is 36.7 Å². The maximum absolute atomic E-state index is 12.2. The van der Waals surface area contributed by atoms with Crippen LogP contribution in [-0.4, -0.2) is 48.3 Å². The molecule has 0 aromatic carbocycles. The molecular formula is C14H19N3O3S. The normalized spacial score (nSPS) is 18.2. The van der Waals surface area contributed by atoms with Crippen molar-refractivity contribution in [3.8, 4) is 0 Å². The summed E-state index contributed by atoms with van der Waals surface area (Å²) in [7, 11) is 0. The molecule has 21 heavy (non-hydrogen) atoms. The maximum atomic E-state index is 12.2. The van der Waals surface area contributed by atoms with Crippen molar-refractivity contribution in [2.24, 2.45) is 0 Å². The van der Waals surface area contributed by atoms with E-state index in [1.165, 1.54) is 11.3 Å². The summed E-state index contributed by atoms with van der Waals surface area (Å²) < 4.78 is 0. The van der Waals surface area contributed by atoms with Crippen LogP contribution >= 0.6 is 11.3 Å². The minimum atomic E-state index is -0.390. The summed E-state index contributed by atoms with van der Waals surface area (Å²) in [6.07, 6.45) is 0.804. The van der Waals surface area contributed by atoms with Gasteiger partial charge in [-0.25, -0.2) is 0 Å². The zero-order valence-electron chi connectivity index (χ0n) is 11.9. The largest absolute Gasteiger partial charge is 0.353 e. The van der Waals surface area contributed by atoms with Crippen molar-refractivity contribution >= 4 is 29.1 Å². The molecule has 1 aliphatic heterocycles. The first-order chi connectivity index (χ1) is 10.1. The molecule has 1 fully saturated rings. The van der Waals surface area contributed by atoms with E-state index in [0.717, 1.165) is 0 Å². The Kier molecular flexibility index (Phi) is 5.32. The molecule has 1 unspecified atom stereocenters. The molecule has 6 nitrogen and oxygen atoms in total.